The number of nitrogens with one attached hydrogen (secondary N) is 2. The molecular formula is C23H23N3O2. The van der Waals surface area contributed by atoms with Crippen molar-refractivity contribution < 1.29 is 9.59 Å². The normalized spacial score (nSPS) is 16.1. The number of urea groups is 1. The summed E-state index contributed by atoms with van der Waals surface area (Å²) < 4.78 is 0. The molecule has 28 heavy (non-hydrogen) atoms. The van der Waals surface area contributed by atoms with Crippen LogP contribution in [-0.2, 0) is 11.3 Å². The maximum Gasteiger partial charge on any atom is 0.318 e. The molecule has 5 heteroatoms. The monoisotopic (exact) mass is 373 g/mol. The van der Waals surface area contributed by atoms with E-state index in [1.807, 2.05) is 72.8 Å². The van der Waals surface area contributed by atoms with Gasteiger partial charge in [0.1, 0.15) is 6.04 Å². The van der Waals surface area contributed by atoms with Crippen LogP contribution in [0.2, 0.25) is 0 Å². The zero-order chi connectivity index (χ0) is 19.3. The van der Waals surface area contributed by atoms with E-state index in [0.717, 1.165) is 28.4 Å². The molecule has 1 saturated heterocycles. The highest BCUT2D eigenvalue weighted by Crippen LogP contribution is 2.25. The zero-order valence-corrected chi connectivity index (χ0v) is 15.6. The minimum atomic E-state index is -0.449. The minimum Gasteiger partial charge on any atom is -0.334 e. The molecule has 0 unspecified atom stereocenters. The number of carbonyl (C=O) groups is 2. The van der Waals surface area contributed by atoms with E-state index in [0.29, 0.717) is 19.5 Å². The van der Waals surface area contributed by atoms with Gasteiger partial charge in [0.05, 0.1) is 0 Å². The fourth-order valence-electron chi connectivity index (χ4n) is 3.71. The number of nitrogens with zero attached hydrogens (tertiary/aromatic N) is 1. The summed E-state index contributed by atoms with van der Waals surface area (Å²) >= 11 is 0. The van der Waals surface area contributed by atoms with E-state index in [9.17, 15) is 9.59 Å². The minimum absolute atomic E-state index is 0.135. The van der Waals surface area contributed by atoms with Gasteiger partial charge in [-0.15, -0.1) is 0 Å². The van der Waals surface area contributed by atoms with Crippen molar-refractivity contribution in [1.29, 1.82) is 0 Å². The van der Waals surface area contributed by atoms with Gasteiger partial charge in [-0.3, -0.25) is 4.79 Å². The lowest BCUT2D eigenvalue weighted by atomic mass is 10.1. The summed E-state index contributed by atoms with van der Waals surface area (Å²) in [6.45, 7) is 1.04. The molecule has 0 saturated carbocycles. The van der Waals surface area contributed by atoms with Crippen molar-refractivity contribution in [2.45, 2.75) is 25.4 Å². The van der Waals surface area contributed by atoms with E-state index >= 15 is 0 Å². The lowest BCUT2D eigenvalue weighted by Crippen LogP contribution is -2.47. The lowest BCUT2D eigenvalue weighted by molar-refractivity contribution is -0.119. The average Bonchev–Trinajstić information content (AvgIpc) is 3.23. The van der Waals surface area contributed by atoms with E-state index in [-0.39, 0.29) is 11.9 Å². The molecule has 3 aromatic rings. The third-order valence-corrected chi connectivity index (χ3v) is 5.15. The molecule has 5 nitrogen and oxygen atoms in total. The molecule has 1 heterocycles. The summed E-state index contributed by atoms with van der Waals surface area (Å²) in [6, 6.07) is 22.9. The number of likely N-dealkylation sites (tertiary alicyclic amines) is 1. The van der Waals surface area contributed by atoms with Crippen molar-refractivity contribution in [2.24, 2.45) is 0 Å². The van der Waals surface area contributed by atoms with Gasteiger partial charge in [0.2, 0.25) is 5.91 Å². The first-order valence-corrected chi connectivity index (χ1v) is 9.59. The number of amides is 3. The first kappa shape index (κ1) is 18.0. The highest BCUT2D eigenvalue weighted by molar-refractivity contribution is 6.04. The maximum atomic E-state index is 12.9. The second kappa shape index (κ2) is 8.13. The van der Waals surface area contributed by atoms with Gasteiger partial charge in [0, 0.05) is 24.2 Å². The SMILES string of the molecule is O=C(Nc1cccc2ccccc12)[C@@H]1CCCN1C(=O)NCc1ccccc1. The summed E-state index contributed by atoms with van der Waals surface area (Å²) in [4.78, 5) is 27.2. The Morgan fingerprint density at radius 1 is 0.929 bits per heavy atom. The molecule has 2 N–H and O–H groups in total. The fraction of sp³-hybridized carbons (Fsp3) is 0.217. The Kier molecular flexibility index (Phi) is 5.24. The molecule has 3 amide bonds. The Morgan fingerprint density at radius 2 is 1.68 bits per heavy atom. The topological polar surface area (TPSA) is 61.4 Å². The Bertz CT molecular complexity index is 982. The Hall–Kier alpha value is -3.34. The van der Waals surface area contributed by atoms with Gasteiger partial charge in [-0.2, -0.15) is 0 Å². The van der Waals surface area contributed by atoms with Gasteiger partial charge in [-0.1, -0.05) is 66.7 Å². The van der Waals surface area contributed by atoms with Gasteiger partial charge in [-0.25, -0.2) is 4.79 Å². The first-order chi connectivity index (χ1) is 13.7. The molecule has 1 aliphatic heterocycles. The number of fused-ring (bicyclic) bond motifs is 1. The third kappa shape index (κ3) is 3.83. The van der Waals surface area contributed by atoms with Crippen molar-refractivity contribution in [3.63, 3.8) is 0 Å². The van der Waals surface area contributed by atoms with Gasteiger partial charge >= 0.3 is 6.03 Å². The number of anilines is 1. The van der Waals surface area contributed by atoms with Crippen LogP contribution < -0.4 is 10.6 Å². The highest BCUT2D eigenvalue weighted by atomic mass is 16.2. The van der Waals surface area contributed by atoms with E-state index in [4.69, 9.17) is 0 Å². The molecule has 142 valence electrons. The van der Waals surface area contributed by atoms with Crippen LogP contribution >= 0.6 is 0 Å². The highest BCUT2D eigenvalue weighted by Gasteiger charge is 2.34. The Morgan fingerprint density at radius 3 is 2.54 bits per heavy atom. The van der Waals surface area contributed by atoms with E-state index in [1.54, 1.807) is 4.90 Å². The maximum absolute atomic E-state index is 12.9. The molecule has 0 aliphatic carbocycles. The number of carbonyl (C=O) groups excluding carboxylic acids is 2. The van der Waals surface area contributed by atoms with E-state index in [1.165, 1.54) is 0 Å². The molecule has 0 bridgehead atoms. The largest absolute Gasteiger partial charge is 0.334 e. The van der Waals surface area contributed by atoms with Crippen molar-refractivity contribution in [1.82, 2.24) is 10.2 Å². The molecule has 4 rings (SSSR count). The number of benzene rings is 3. The summed E-state index contributed by atoms with van der Waals surface area (Å²) in [7, 11) is 0. The zero-order valence-electron chi connectivity index (χ0n) is 15.6. The van der Waals surface area contributed by atoms with Gasteiger partial charge in [0.25, 0.3) is 0 Å². The average molecular weight is 373 g/mol. The lowest BCUT2D eigenvalue weighted by Gasteiger charge is -2.24. The van der Waals surface area contributed by atoms with Crippen LogP contribution in [-0.4, -0.2) is 29.4 Å². The smallest absolute Gasteiger partial charge is 0.318 e. The molecule has 1 fully saturated rings. The van der Waals surface area contributed by atoms with Gasteiger partial charge < -0.3 is 15.5 Å². The molecule has 0 aromatic heterocycles. The molecule has 0 radical (unpaired) electrons. The standard InChI is InChI=1S/C23H23N3O2/c27-22(25-20-13-6-11-18-10-4-5-12-19(18)20)21-14-7-15-26(21)23(28)24-16-17-8-2-1-3-9-17/h1-6,8-13,21H,7,14-16H2,(H,24,28)(H,25,27)/t21-/m0/s1. The number of rotatable bonds is 4. The van der Waals surface area contributed by atoms with Crippen LogP contribution in [0, 0.1) is 0 Å². The number of hydrogen-bond donors (Lipinski definition) is 2. The molecule has 1 atom stereocenters. The van der Waals surface area contributed by atoms with Crippen molar-refractivity contribution in [3.8, 4) is 0 Å². The van der Waals surface area contributed by atoms with E-state index in [2.05, 4.69) is 10.6 Å². The van der Waals surface area contributed by atoms with Crippen LogP contribution in [0.1, 0.15) is 18.4 Å². The van der Waals surface area contributed by atoms with Gasteiger partial charge in [-0.05, 0) is 29.9 Å². The van der Waals surface area contributed by atoms with Crippen LogP contribution in [0.25, 0.3) is 10.8 Å². The second-order valence-electron chi connectivity index (χ2n) is 7.01. The van der Waals surface area contributed by atoms with Crippen LogP contribution in [0.4, 0.5) is 10.5 Å². The van der Waals surface area contributed by atoms with Crippen LogP contribution in [0.5, 0.6) is 0 Å². The summed E-state index contributed by atoms with van der Waals surface area (Å²) in [6.07, 6.45) is 1.50. The first-order valence-electron chi connectivity index (χ1n) is 9.59. The quantitative estimate of drug-likeness (QED) is 0.722. The van der Waals surface area contributed by atoms with Crippen molar-refractivity contribution in [3.05, 3.63) is 78.4 Å². The second-order valence-corrected chi connectivity index (χ2v) is 7.01. The molecule has 0 spiro atoms. The van der Waals surface area contributed by atoms with Gasteiger partial charge in [0.15, 0.2) is 0 Å². The molecule has 3 aromatic carbocycles. The number of hydrogen-bond acceptors (Lipinski definition) is 2. The summed E-state index contributed by atoms with van der Waals surface area (Å²) in [5.74, 6) is -0.135. The molecular weight excluding hydrogens is 350 g/mol. The summed E-state index contributed by atoms with van der Waals surface area (Å²) in [5, 5.41) is 8.02. The van der Waals surface area contributed by atoms with Crippen LogP contribution in [0.3, 0.4) is 0 Å². The van der Waals surface area contributed by atoms with Crippen molar-refractivity contribution in [2.75, 3.05) is 11.9 Å². The van der Waals surface area contributed by atoms with Crippen molar-refractivity contribution >= 4 is 28.4 Å². The predicted octanol–water partition coefficient (Wildman–Crippen LogP) is 4.15. The predicted molar refractivity (Wildman–Crippen MR) is 111 cm³/mol. The third-order valence-electron chi connectivity index (χ3n) is 5.15. The molecule has 1 aliphatic rings. The summed E-state index contributed by atoms with van der Waals surface area (Å²) in [5.41, 5.74) is 1.81. The Balaban J connectivity index is 1.43. The van der Waals surface area contributed by atoms with E-state index < -0.39 is 6.04 Å². The fourth-order valence-corrected chi connectivity index (χ4v) is 3.71. The van der Waals surface area contributed by atoms with Crippen LogP contribution in [0.15, 0.2) is 72.8 Å². The Labute approximate surface area is 164 Å².